The summed E-state index contributed by atoms with van der Waals surface area (Å²) < 4.78 is 5.24. The number of carbonyl (C=O) groups excluding carboxylic acids is 1. The SMILES string of the molecule is CCNC(=O)CN=C(NCC)NCCCOCC.I. The maximum absolute atomic E-state index is 11.3. The van der Waals surface area contributed by atoms with E-state index in [0.29, 0.717) is 12.5 Å². The van der Waals surface area contributed by atoms with Crippen molar-refractivity contribution < 1.29 is 9.53 Å². The van der Waals surface area contributed by atoms with E-state index in [4.69, 9.17) is 4.74 Å². The summed E-state index contributed by atoms with van der Waals surface area (Å²) in [6.45, 7) is 9.66. The average molecular weight is 386 g/mol. The van der Waals surface area contributed by atoms with Crippen LogP contribution in [0.1, 0.15) is 27.2 Å². The van der Waals surface area contributed by atoms with Gasteiger partial charge in [-0.2, -0.15) is 0 Å². The van der Waals surface area contributed by atoms with Crippen LogP contribution in [0.2, 0.25) is 0 Å². The fraction of sp³-hybridized carbons (Fsp3) is 0.833. The first kappa shape index (κ1) is 20.7. The Morgan fingerprint density at radius 2 is 1.79 bits per heavy atom. The largest absolute Gasteiger partial charge is 0.382 e. The lowest BCUT2D eigenvalue weighted by atomic mass is 10.4. The van der Waals surface area contributed by atoms with Crippen LogP contribution in [0.4, 0.5) is 0 Å². The molecule has 0 aliphatic carbocycles. The van der Waals surface area contributed by atoms with E-state index in [2.05, 4.69) is 20.9 Å². The first-order valence-corrected chi connectivity index (χ1v) is 6.61. The molecule has 0 unspecified atom stereocenters. The number of aliphatic imine (C=N–C) groups is 1. The van der Waals surface area contributed by atoms with Gasteiger partial charge < -0.3 is 20.7 Å². The van der Waals surface area contributed by atoms with E-state index in [-0.39, 0.29) is 36.4 Å². The molecule has 0 heterocycles. The van der Waals surface area contributed by atoms with E-state index in [1.807, 2.05) is 20.8 Å². The van der Waals surface area contributed by atoms with Crippen LogP contribution >= 0.6 is 24.0 Å². The Bertz CT molecular complexity index is 250. The zero-order valence-corrected chi connectivity index (χ0v) is 14.5. The number of carbonyl (C=O) groups is 1. The van der Waals surface area contributed by atoms with Crippen LogP contribution in [0.3, 0.4) is 0 Å². The number of hydrogen-bond donors (Lipinski definition) is 3. The van der Waals surface area contributed by atoms with Crippen LogP contribution in [0, 0.1) is 0 Å². The van der Waals surface area contributed by atoms with Crippen LogP contribution < -0.4 is 16.0 Å². The Balaban J connectivity index is 0. The van der Waals surface area contributed by atoms with Gasteiger partial charge in [-0.25, -0.2) is 4.99 Å². The van der Waals surface area contributed by atoms with Crippen LogP contribution in [0.25, 0.3) is 0 Å². The highest BCUT2D eigenvalue weighted by Gasteiger charge is 2.00. The highest BCUT2D eigenvalue weighted by Crippen LogP contribution is 1.81. The fourth-order valence-electron chi connectivity index (χ4n) is 1.27. The standard InChI is InChI=1S/C12H26N4O2.HI/c1-4-13-11(17)10-16-12(14-5-2)15-8-7-9-18-6-3;/h4-10H2,1-3H3,(H,13,17)(H2,14,15,16);1H. The molecule has 0 aromatic rings. The molecule has 0 aromatic heterocycles. The smallest absolute Gasteiger partial charge is 0.241 e. The van der Waals surface area contributed by atoms with Crippen LogP contribution in [0.15, 0.2) is 4.99 Å². The number of guanidine groups is 1. The predicted octanol–water partition coefficient (Wildman–Crippen LogP) is 0.722. The van der Waals surface area contributed by atoms with Crippen molar-refractivity contribution >= 4 is 35.8 Å². The first-order valence-electron chi connectivity index (χ1n) is 6.61. The predicted molar refractivity (Wildman–Crippen MR) is 89.2 cm³/mol. The summed E-state index contributed by atoms with van der Waals surface area (Å²) in [6, 6.07) is 0. The van der Waals surface area contributed by atoms with E-state index in [1.54, 1.807) is 0 Å². The zero-order valence-electron chi connectivity index (χ0n) is 12.1. The van der Waals surface area contributed by atoms with Crippen molar-refractivity contribution in [3.63, 3.8) is 0 Å². The minimum atomic E-state index is -0.0657. The van der Waals surface area contributed by atoms with Gasteiger partial charge in [0.05, 0.1) is 0 Å². The molecule has 6 nitrogen and oxygen atoms in total. The Morgan fingerprint density at radius 1 is 1.11 bits per heavy atom. The highest BCUT2D eigenvalue weighted by atomic mass is 127. The van der Waals surface area contributed by atoms with Crippen molar-refractivity contribution in [1.82, 2.24) is 16.0 Å². The normalized spacial score (nSPS) is 10.6. The summed E-state index contributed by atoms with van der Waals surface area (Å²) in [6.07, 6.45) is 0.916. The number of ether oxygens (including phenoxy) is 1. The van der Waals surface area contributed by atoms with Gasteiger partial charge in [0.15, 0.2) is 5.96 Å². The van der Waals surface area contributed by atoms with Gasteiger partial charge in [-0.3, -0.25) is 4.79 Å². The Hall–Kier alpha value is -0.570. The molecule has 7 heteroatoms. The lowest BCUT2D eigenvalue weighted by molar-refractivity contribution is -0.119. The maximum Gasteiger partial charge on any atom is 0.241 e. The summed E-state index contributed by atoms with van der Waals surface area (Å²) in [5.41, 5.74) is 0. The Morgan fingerprint density at radius 3 is 2.37 bits per heavy atom. The summed E-state index contributed by atoms with van der Waals surface area (Å²) in [7, 11) is 0. The number of rotatable bonds is 9. The zero-order chi connectivity index (χ0) is 13.6. The van der Waals surface area contributed by atoms with Crippen molar-refractivity contribution in [2.75, 3.05) is 39.4 Å². The second kappa shape index (κ2) is 15.5. The molecule has 0 aromatic carbocycles. The van der Waals surface area contributed by atoms with Crippen molar-refractivity contribution in [1.29, 1.82) is 0 Å². The number of nitrogens with one attached hydrogen (secondary N) is 3. The maximum atomic E-state index is 11.3. The molecule has 0 spiro atoms. The topological polar surface area (TPSA) is 74.8 Å². The van der Waals surface area contributed by atoms with E-state index >= 15 is 0 Å². The van der Waals surface area contributed by atoms with E-state index in [0.717, 1.165) is 32.7 Å². The number of halogens is 1. The van der Waals surface area contributed by atoms with Crippen molar-refractivity contribution in [2.24, 2.45) is 4.99 Å². The summed E-state index contributed by atoms with van der Waals surface area (Å²) in [4.78, 5) is 15.5. The van der Waals surface area contributed by atoms with Crippen molar-refractivity contribution in [2.45, 2.75) is 27.2 Å². The summed E-state index contributed by atoms with van der Waals surface area (Å²) in [5.74, 6) is 0.601. The molecule has 114 valence electrons. The van der Waals surface area contributed by atoms with Gasteiger partial charge >= 0.3 is 0 Å². The molecule has 0 saturated heterocycles. The molecule has 0 aliphatic rings. The molecule has 0 aliphatic heterocycles. The third-order valence-electron chi connectivity index (χ3n) is 2.06. The molecule has 0 atom stereocenters. The molecule has 0 radical (unpaired) electrons. The molecule has 19 heavy (non-hydrogen) atoms. The number of nitrogens with zero attached hydrogens (tertiary/aromatic N) is 1. The van der Waals surface area contributed by atoms with Crippen molar-refractivity contribution in [3.8, 4) is 0 Å². The molecule has 0 bridgehead atoms. The fourth-order valence-corrected chi connectivity index (χ4v) is 1.27. The quantitative estimate of drug-likeness (QED) is 0.236. The molecular weight excluding hydrogens is 359 g/mol. The monoisotopic (exact) mass is 386 g/mol. The second-order valence-electron chi connectivity index (χ2n) is 3.63. The number of amides is 1. The van der Waals surface area contributed by atoms with Gasteiger partial charge in [-0.1, -0.05) is 0 Å². The van der Waals surface area contributed by atoms with Crippen molar-refractivity contribution in [3.05, 3.63) is 0 Å². The Kier molecular flexibility index (Phi) is 16.9. The molecule has 1 amide bonds. The third kappa shape index (κ3) is 13.7. The van der Waals surface area contributed by atoms with E-state index in [1.165, 1.54) is 0 Å². The molecule has 0 rings (SSSR count). The Labute approximate surface area is 133 Å². The molecular formula is C12H27IN4O2. The molecule has 0 saturated carbocycles. The van der Waals surface area contributed by atoms with E-state index in [9.17, 15) is 4.79 Å². The van der Waals surface area contributed by atoms with Gasteiger partial charge in [0, 0.05) is 32.8 Å². The van der Waals surface area contributed by atoms with Gasteiger partial charge in [0.25, 0.3) is 0 Å². The second-order valence-corrected chi connectivity index (χ2v) is 3.63. The van der Waals surface area contributed by atoms with Crippen LogP contribution in [-0.4, -0.2) is 51.3 Å². The molecule has 0 fully saturated rings. The van der Waals surface area contributed by atoms with Gasteiger partial charge in [0.1, 0.15) is 6.54 Å². The summed E-state index contributed by atoms with van der Waals surface area (Å²) >= 11 is 0. The number of hydrogen-bond acceptors (Lipinski definition) is 3. The highest BCUT2D eigenvalue weighted by molar-refractivity contribution is 14.0. The molecule has 3 N–H and O–H groups in total. The van der Waals surface area contributed by atoms with Gasteiger partial charge in [-0.15, -0.1) is 24.0 Å². The average Bonchev–Trinajstić information content (AvgIpc) is 2.36. The lowest BCUT2D eigenvalue weighted by Crippen LogP contribution is -2.39. The van der Waals surface area contributed by atoms with Gasteiger partial charge in [0.2, 0.25) is 5.91 Å². The minimum absolute atomic E-state index is 0. The number of likely N-dealkylation sites (N-methyl/N-ethyl adjacent to an activating group) is 1. The first-order chi connectivity index (χ1) is 8.74. The van der Waals surface area contributed by atoms with E-state index < -0.39 is 0 Å². The minimum Gasteiger partial charge on any atom is -0.382 e. The third-order valence-corrected chi connectivity index (χ3v) is 2.06. The lowest BCUT2D eigenvalue weighted by Gasteiger charge is -2.11. The van der Waals surface area contributed by atoms with Crippen LogP contribution in [0.5, 0.6) is 0 Å². The van der Waals surface area contributed by atoms with Gasteiger partial charge in [-0.05, 0) is 27.2 Å². The summed E-state index contributed by atoms with van der Waals surface area (Å²) in [5, 5.41) is 8.95. The van der Waals surface area contributed by atoms with Crippen LogP contribution in [-0.2, 0) is 9.53 Å².